The quantitative estimate of drug-likeness (QED) is 0.652. The van der Waals surface area contributed by atoms with Gasteiger partial charge < -0.3 is 20.9 Å². The van der Waals surface area contributed by atoms with Gasteiger partial charge in [-0.3, -0.25) is 19.2 Å². The molecule has 28 heavy (non-hydrogen) atoms. The van der Waals surface area contributed by atoms with Crippen LogP contribution in [0.1, 0.15) is 22.5 Å². The third-order valence-corrected chi connectivity index (χ3v) is 5.01. The molecule has 9 heteroatoms. The highest BCUT2D eigenvalue weighted by atomic mass is 32.1. The van der Waals surface area contributed by atoms with Gasteiger partial charge in [-0.15, -0.1) is 11.3 Å². The third-order valence-electron chi connectivity index (χ3n) is 4.14. The lowest BCUT2D eigenvalue weighted by molar-refractivity contribution is -0.123. The van der Waals surface area contributed by atoms with Gasteiger partial charge in [0.2, 0.25) is 17.7 Å². The number of rotatable bonds is 7. The van der Waals surface area contributed by atoms with Crippen LogP contribution in [0.4, 0.5) is 11.4 Å². The molecular weight excluding hydrogens is 380 g/mol. The molecule has 146 valence electrons. The first-order chi connectivity index (χ1) is 13.5. The molecule has 0 radical (unpaired) electrons. The summed E-state index contributed by atoms with van der Waals surface area (Å²) < 4.78 is 0. The SMILES string of the molecule is O=C(CNC(=O)c1cccs1)NCC(=O)Nc1ccc(N2CCCC2=O)cc1. The van der Waals surface area contributed by atoms with Crippen LogP contribution in [0.2, 0.25) is 0 Å². The van der Waals surface area contributed by atoms with Crippen molar-refractivity contribution < 1.29 is 19.2 Å². The largest absolute Gasteiger partial charge is 0.345 e. The fraction of sp³-hybridized carbons (Fsp3) is 0.263. The van der Waals surface area contributed by atoms with Gasteiger partial charge in [0.15, 0.2) is 0 Å². The summed E-state index contributed by atoms with van der Waals surface area (Å²) in [6.07, 6.45) is 1.41. The predicted octanol–water partition coefficient (Wildman–Crippen LogP) is 1.36. The van der Waals surface area contributed by atoms with Crippen molar-refractivity contribution in [2.75, 3.05) is 29.9 Å². The maximum absolute atomic E-state index is 12.0. The summed E-state index contributed by atoms with van der Waals surface area (Å²) in [4.78, 5) is 49.4. The zero-order valence-corrected chi connectivity index (χ0v) is 15.9. The van der Waals surface area contributed by atoms with Gasteiger partial charge in [-0.05, 0) is 42.1 Å². The minimum Gasteiger partial charge on any atom is -0.345 e. The monoisotopic (exact) mass is 400 g/mol. The second-order valence-electron chi connectivity index (χ2n) is 6.18. The van der Waals surface area contributed by atoms with Crippen LogP contribution >= 0.6 is 11.3 Å². The number of hydrogen-bond acceptors (Lipinski definition) is 5. The molecule has 1 fully saturated rings. The molecule has 0 unspecified atom stereocenters. The normalized spacial score (nSPS) is 13.3. The number of anilines is 2. The van der Waals surface area contributed by atoms with E-state index in [4.69, 9.17) is 0 Å². The Morgan fingerprint density at radius 3 is 2.39 bits per heavy atom. The van der Waals surface area contributed by atoms with E-state index in [-0.39, 0.29) is 30.8 Å². The Labute approximate surface area is 165 Å². The lowest BCUT2D eigenvalue weighted by Crippen LogP contribution is -2.40. The number of carbonyl (C=O) groups excluding carboxylic acids is 4. The molecule has 0 aliphatic carbocycles. The summed E-state index contributed by atoms with van der Waals surface area (Å²) in [6, 6.07) is 10.4. The average molecular weight is 400 g/mol. The lowest BCUT2D eigenvalue weighted by atomic mass is 10.2. The van der Waals surface area contributed by atoms with E-state index in [9.17, 15) is 19.2 Å². The molecule has 3 N–H and O–H groups in total. The molecule has 3 rings (SSSR count). The minimum atomic E-state index is -0.456. The second kappa shape index (κ2) is 9.14. The topological polar surface area (TPSA) is 108 Å². The zero-order chi connectivity index (χ0) is 19.9. The Hall–Kier alpha value is -3.20. The molecule has 1 aliphatic rings. The number of benzene rings is 1. The fourth-order valence-corrected chi connectivity index (χ4v) is 3.39. The fourth-order valence-electron chi connectivity index (χ4n) is 2.75. The van der Waals surface area contributed by atoms with Gasteiger partial charge in [-0.1, -0.05) is 6.07 Å². The molecule has 2 aromatic rings. The van der Waals surface area contributed by atoms with Gasteiger partial charge in [-0.2, -0.15) is 0 Å². The highest BCUT2D eigenvalue weighted by Gasteiger charge is 2.21. The van der Waals surface area contributed by atoms with E-state index < -0.39 is 5.91 Å². The van der Waals surface area contributed by atoms with Crippen LogP contribution in [-0.4, -0.2) is 43.3 Å². The van der Waals surface area contributed by atoms with Gasteiger partial charge in [-0.25, -0.2) is 0 Å². The number of hydrogen-bond donors (Lipinski definition) is 3. The molecule has 0 atom stereocenters. The molecule has 2 heterocycles. The van der Waals surface area contributed by atoms with Crippen molar-refractivity contribution in [2.24, 2.45) is 0 Å². The zero-order valence-electron chi connectivity index (χ0n) is 15.1. The van der Waals surface area contributed by atoms with Gasteiger partial charge in [0.05, 0.1) is 18.0 Å². The molecule has 1 aromatic heterocycles. The first-order valence-electron chi connectivity index (χ1n) is 8.81. The Morgan fingerprint density at radius 2 is 1.75 bits per heavy atom. The van der Waals surface area contributed by atoms with Crippen LogP contribution in [0.25, 0.3) is 0 Å². The van der Waals surface area contributed by atoms with E-state index in [0.29, 0.717) is 23.5 Å². The number of carbonyl (C=O) groups is 4. The van der Waals surface area contributed by atoms with Crippen molar-refractivity contribution in [1.29, 1.82) is 0 Å². The highest BCUT2D eigenvalue weighted by Crippen LogP contribution is 2.22. The van der Waals surface area contributed by atoms with Crippen LogP contribution in [0.3, 0.4) is 0 Å². The molecule has 1 aromatic carbocycles. The number of nitrogens with one attached hydrogen (secondary N) is 3. The summed E-state index contributed by atoms with van der Waals surface area (Å²) in [5.41, 5.74) is 1.37. The summed E-state index contributed by atoms with van der Waals surface area (Å²) >= 11 is 1.28. The van der Waals surface area contributed by atoms with Crippen molar-refractivity contribution in [3.63, 3.8) is 0 Å². The smallest absolute Gasteiger partial charge is 0.261 e. The molecule has 0 saturated carbocycles. The van der Waals surface area contributed by atoms with Crippen LogP contribution in [-0.2, 0) is 14.4 Å². The first-order valence-corrected chi connectivity index (χ1v) is 9.69. The van der Waals surface area contributed by atoms with Crippen molar-refractivity contribution in [3.05, 3.63) is 46.7 Å². The molecule has 8 nitrogen and oxygen atoms in total. The van der Waals surface area contributed by atoms with E-state index >= 15 is 0 Å². The molecule has 0 spiro atoms. The number of nitrogens with zero attached hydrogens (tertiary/aromatic N) is 1. The van der Waals surface area contributed by atoms with Crippen LogP contribution in [0.5, 0.6) is 0 Å². The molecule has 0 bridgehead atoms. The second-order valence-corrected chi connectivity index (χ2v) is 7.13. The third kappa shape index (κ3) is 5.17. The molecule has 1 saturated heterocycles. The Bertz CT molecular complexity index is 865. The van der Waals surface area contributed by atoms with Crippen molar-refractivity contribution >= 4 is 46.3 Å². The van der Waals surface area contributed by atoms with Crippen molar-refractivity contribution in [1.82, 2.24) is 10.6 Å². The van der Waals surface area contributed by atoms with E-state index in [2.05, 4.69) is 16.0 Å². The van der Waals surface area contributed by atoms with E-state index in [0.717, 1.165) is 12.1 Å². The average Bonchev–Trinajstić information content (AvgIpc) is 3.37. The molecule has 4 amide bonds. The maximum Gasteiger partial charge on any atom is 0.261 e. The van der Waals surface area contributed by atoms with Crippen molar-refractivity contribution in [3.8, 4) is 0 Å². The summed E-state index contributed by atoms with van der Waals surface area (Å²) in [7, 11) is 0. The minimum absolute atomic E-state index is 0.102. The van der Waals surface area contributed by atoms with E-state index in [1.54, 1.807) is 46.7 Å². The number of thiophene rings is 1. The lowest BCUT2D eigenvalue weighted by Gasteiger charge is -2.16. The summed E-state index contributed by atoms with van der Waals surface area (Å²) in [6.45, 7) is 0.294. The Morgan fingerprint density at radius 1 is 1.00 bits per heavy atom. The van der Waals surface area contributed by atoms with Crippen LogP contribution in [0.15, 0.2) is 41.8 Å². The van der Waals surface area contributed by atoms with E-state index in [1.807, 2.05) is 0 Å². The van der Waals surface area contributed by atoms with Crippen LogP contribution in [0, 0.1) is 0 Å². The Balaban J connectivity index is 1.39. The molecular formula is C19H20N4O4S. The van der Waals surface area contributed by atoms with Gasteiger partial charge in [0.25, 0.3) is 5.91 Å². The maximum atomic E-state index is 12.0. The Kier molecular flexibility index (Phi) is 6.38. The van der Waals surface area contributed by atoms with Crippen molar-refractivity contribution in [2.45, 2.75) is 12.8 Å². The van der Waals surface area contributed by atoms with E-state index in [1.165, 1.54) is 11.3 Å². The molecule has 1 aliphatic heterocycles. The standard InChI is InChI=1S/C19H20N4O4S/c24-16(11-21-19(27)15-3-2-10-28-15)20-12-17(25)22-13-5-7-14(8-6-13)23-9-1-4-18(23)26/h2-3,5-8,10H,1,4,9,11-12H2,(H,20,24)(H,21,27)(H,22,25). The number of amides is 4. The van der Waals surface area contributed by atoms with Crippen LogP contribution < -0.4 is 20.9 Å². The van der Waals surface area contributed by atoms with Gasteiger partial charge in [0.1, 0.15) is 0 Å². The summed E-state index contributed by atoms with van der Waals surface area (Å²) in [5.74, 6) is -1.07. The highest BCUT2D eigenvalue weighted by molar-refractivity contribution is 7.12. The van der Waals surface area contributed by atoms with Gasteiger partial charge in [0, 0.05) is 24.3 Å². The van der Waals surface area contributed by atoms with Gasteiger partial charge >= 0.3 is 0 Å². The summed E-state index contributed by atoms with van der Waals surface area (Å²) in [5, 5.41) is 9.38. The predicted molar refractivity (Wildman–Crippen MR) is 106 cm³/mol. The first kappa shape index (κ1) is 19.6.